The second-order valence-electron chi connectivity index (χ2n) is 4.85. The van der Waals surface area contributed by atoms with E-state index in [9.17, 15) is 0 Å². The standard InChI is InChI=1S/C13H21ClN2OS/c1-10-9-18-12(13(10)14)7-15-11(2)8-16-3-5-17-6-4-16/h9,11,15H,3-8H2,1-2H3. The molecular weight excluding hydrogens is 268 g/mol. The van der Waals surface area contributed by atoms with Crippen LogP contribution in [0.2, 0.25) is 5.02 Å². The van der Waals surface area contributed by atoms with E-state index in [4.69, 9.17) is 16.3 Å². The molecule has 5 heteroatoms. The highest BCUT2D eigenvalue weighted by molar-refractivity contribution is 7.10. The van der Waals surface area contributed by atoms with Gasteiger partial charge in [-0.25, -0.2) is 0 Å². The van der Waals surface area contributed by atoms with Gasteiger partial charge in [0.05, 0.1) is 18.2 Å². The van der Waals surface area contributed by atoms with Crippen molar-refractivity contribution in [2.75, 3.05) is 32.8 Å². The first-order valence-electron chi connectivity index (χ1n) is 6.42. The van der Waals surface area contributed by atoms with E-state index in [1.54, 1.807) is 11.3 Å². The van der Waals surface area contributed by atoms with E-state index in [0.29, 0.717) is 6.04 Å². The topological polar surface area (TPSA) is 24.5 Å². The fourth-order valence-electron chi connectivity index (χ4n) is 2.10. The highest BCUT2D eigenvalue weighted by Crippen LogP contribution is 2.26. The fourth-order valence-corrected chi connectivity index (χ4v) is 3.29. The van der Waals surface area contributed by atoms with Crippen molar-refractivity contribution in [2.24, 2.45) is 0 Å². The molecule has 3 nitrogen and oxygen atoms in total. The van der Waals surface area contributed by atoms with Crippen LogP contribution in [0.5, 0.6) is 0 Å². The molecule has 0 spiro atoms. The lowest BCUT2D eigenvalue weighted by Gasteiger charge is -2.29. The predicted molar refractivity (Wildman–Crippen MR) is 77.6 cm³/mol. The summed E-state index contributed by atoms with van der Waals surface area (Å²) in [5.74, 6) is 0. The maximum Gasteiger partial charge on any atom is 0.0594 e. The summed E-state index contributed by atoms with van der Waals surface area (Å²) in [5, 5.41) is 6.58. The van der Waals surface area contributed by atoms with Gasteiger partial charge in [0.15, 0.2) is 0 Å². The molecule has 0 aliphatic carbocycles. The molecule has 1 aliphatic rings. The monoisotopic (exact) mass is 288 g/mol. The first kappa shape index (κ1) is 14.3. The van der Waals surface area contributed by atoms with E-state index in [2.05, 4.69) is 29.4 Å². The van der Waals surface area contributed by atoms with Crippen LogP contribution in [0, 0.1) is 6.92 Å². The van der Waals surface area contributed by atoms with Crippen LogP contribution >= 0.6 is 22.9 Å². The summed E-state index contributed by atoms with van der Waals surface area (Å²) < 4.78 is 5.35. The van der Waals surface area contributed by atoms with Crippen molar-refractivity contribution in [2.45, 2.75) is 26.4 Å². The number of thiophene rings is 1. The average molecular weight is 289 g/mol. The molecule has 0 bridgehead atoms. The summed E-state index contributed by atoms with van der Waals surface area (Å²) in [6.07, 6.45) is 0. The Morgan fingerprint density at radius 1 is 1.50 bits per heavy atom. The minimum Gasteiger partial charge on any atom is -0.379 e. The third kappa shape index (κ3) is 3.93. The Kier molecular flexibility index (Phi) is 5.45. The van der Waals surface area contributed by atoms with E-state index in [1.165, 1.54) is 10.4 Å². The Morgan fingerprint density at radius 3 is 2.83 bits per heavy atom. The van der Waals surface area contributed by atoms with Crippen molar-refractivity contribution >= 4 is 22.9 Å². The van der Waals surface area contributed by atoms with Crippen LogP contribution in [0.3, 0.4) is 0 Å². The van der Waals surface area contributed by atoms with Gasteiger partial charge in [-0.05, 0) is 24.8 Å². The van der Waals surface area contributed by atoms with Gasteiger partial charge in [0, 0.05) is 37.1 Å². The minimum atomic E-state index is 0.474. The number of nitrogens with one attached hydrogen (secondary N) is 1. The third-order valence-corrected chi connectivity index (χ3v) is 4.96. The Morgan fingerprint density at radius 2 is 2.22 bits per heavy atom. The molecule has 0 aromatic carbocycles. The Labute approximate surface area is 118 Å². The average Bonchev–Trinajstić information content (AvgIpc) is 2.69. The number of nitrogens with zero attached hydrogens (tertiary/aromatic N) is 1. The summed E-state index contributed by atoms with van der Waals surface area (Å²) >= 11 is 7.96. The zero-order valence-electron chi connectivity index (χ0n) is 11.0. The van der Waals surface area contributed by atoms with E-state index in [0.717, 1.165) is 44.4 Å². The van der Waals surface area contributed by atoms with Crippen molar-refractivity contribution in [1.29, 1.82) is 0 Å². The van der Waals surface area contributed by atoms with Gasteiger partial charge in [0.25, 0.3) is 0 Å². The molecule has 1 saturated heterocycles. The molecule has 1 fully saturated rings. The van der Waals surface area contributed by atoms with Crippen molar-refractivity contribution in [1.82, 2.24) is 10.2 Å². The second-order valence-corrected chi connectivity index (χ2v) is 6.19. The number of halogens is 1. The highest BCUT2D eigenvalue weighted by atomic mass is 35.5. The Hall–Kier alpha value is -0.130. The van der Waals surface area contributed by atoms with Gasteiger partial charge in [0.2, 0.25) is 0 Å². The van der Waals surface area contributed by atoms with E-state index in [-0.39, 0.29) is 0 Å². The van der Waals surface area contributed by atoms with Crippen molar-refractivity contribution in [3.63, 3.8) is 0 Å². The molecule has 2 heterocycles. The summed E-state index contributed by atoms with van der Waals surface area (Å²) in [7, 11) is 0. The third-order valence-electron chi connectivity index (χ3n) is 3.22. The molecule has 1 unspecified atom stereocenters. The van der Waals surface area contributed by atoms with Crippen molar-refractivity contribution < 1.29 is 4.74 Å². The Balaban J connectivity index is 1.74. The zero-order chi connectivity index (χ0) is 13.0. The van der Waals surface area contributed by atoms with Gasteiger partial charge in [-0.2, -0.15) is 0 Å². The van der Waals surface area contributed by atoms with Gasteiger partial charge in [0.1, 0.15) is 0 Å². The maximum absolute atomic E-state index is 6.23. The van der Waals surface area contributed by atoms with Crippen LogP contribution in [0.1, 0.15) is 17.4 Å². The quantitative estimate of drug-likeness (QED) is 0.901. The molecule has 18 heavy (non-hydrogen) atoms. The van der Waals surface area contributed by atoms with E-state index >= 15 is 0 Å². The SMILES string of the molecule is Cc1csc(CNC(C)CN2CCOCC2)c1Cl. The molecule has 1 atom stereocenters. The lowest BCUT2D eigenvalue weighted by molar-refractivity contribution is 0.0343. The molecule has 1 aromatic heterocycles. The molecule has 102 valence electrons. The maximum atomic E-state index is 6.23. The number of hydrogen-bond acceptors (Lipinski definition) is 4. The fraction of sp³-hybridized carbons (Fsp3) is 0.692. The van der Waals surface area contributed by atoms with E-state index in [1.807, 2.05) is 0 Å². The van der Waals surface area contributed by atoms with Crippen LogP contribution in [-0.4, -0.2) is 43.8 Å². The largest absolute Gasteiger partial charge is 0.379 e. The summed E-state index contributed by atoms with van der Waals surface area (Å²) in [4.78, 5) is 3.69. The van der Waals surface area contributed by atoms with Crippen LogP contribution < -0.4 is 5.32 Å². The second kappa shape index (κ2) is 6.87. The zero-order valence-corrected chi connectivity index (χ0v) is 12.6. The first-order valence-corrected chi connectivity index (χ1v) is 7.68. The number of hydrogen-bond donors (Lipinski definition) is 1. The lowest BCUT2D eigenvalue weighted by atomic mass is 10.2. The molecule has 1 N–H and O–H groups in total. The van der Waals surface area contributed by atoms with Crippen molar-refractivity contribution in [3.8, 4) is 0 Å². The number of rotatable bonds is 5. The summed E-state index contributed by atoms with van der Waals surface area (Å²) in [5.41, 5.74) is 1.18. The van der Waals surface area contributed by atoms with Gasteiger partial charge in [-0.15, -0.1) is 11.3 Å². The van der Waals surface area contributed by atoms with Gasteiger partial charge >= 0.3 is 0 Å². The molecule has 0 radical (unpaired) electrons. The summed E-state index contributed by atoms with van der Waals surface area (Å²) in [6, 6.07) is 0.474. The lowest BCUT2D eigenvalue weighted by Crippen LogP contribution is -2.44. The van der Waals surface area contributed by atoms with Crippen LogP contribution in [0.4, 0.5) is 0 Å². The summed E-state index contributed by atoms with van der Waals surface area (Å²) in [6.45, 7) is 10.0. The van der Waals surface area contributed by atoms with Gasteiger partial charge in [-0.1, -0.05) is 11.6 Å². The smallest absolute Gasteiger partial charge is 0.0594 e. The van der Waals surface area contributed by atoms with Gasteiger partial charge < -0.3 is 10.1 Å². The minimum absolute atomic E-state index is 0.474. The van der Waals surface area contributed by atoms with E-state index < -0.39 is 0 Å². The van der Waals surface area contributed by atoms with Crippen LogP contribution in [0.15, 0.2) is 5.38 Å². The molecular formula is C13H21ClN2OS. The number of aryl methyl sites for hydroxylation is 1. The number of morpholine rings is 1. The predicted octanol–water partition coefficient (Wildman–Crippen LogP) is 2.52. The molecule has 2 rings (SSSR count). The normalized spacial score (nSPS) is 19.1. The van der Waals surface area contributed by atoms with Crippen LogP contribution in [0.25, 0.3) is 0 Å². The molecule has 0 amide bonds. The van der Waals surface area contributed by atoms with Gasteiger partial charge in [-0.3, -0.25) is 4.90 Å². The first-order chi connectivity index (χ1) is 8.66. The van der Waals surface area contributed by atoms with Crippen LogP contribution in [-0.2, 0) is 11.3 Å². The Bertz CT molecular complexity index is 377. The highest BCUT2D eigenvalue weighted by Gasteiger charge is 2.14. The van der Waals surface area contributed by atoms with Crippen molar-refractivity contribution in [3.05, 3.63) is 20.8 Å². The molecule has 0 saturated carbocycles. The number of ether oxygens (including phenoxy) is 1. The molecule has 1 aromatic rings. The molecule has 1 aliphatic heterocycles.